The van der Waals surface area contributed by atoms with Gasteiger partial charge < -0.3 is 10.6 Å². The van der Waals surface area contributed by atoms with Crippen molar-refractivity contribution < 1.29 is 4.79 Å². The lowest BCUT2D eigenvalue weighted by atomic mass is 10.2. The number of rotatable bonds is 3. The molecule has 2 aromatic rings. The molecule has 98 valence electrons. The third-order valence-electron chi connectivity index (χ3n) is 3.19. The Morgan fingerprint density at radius 3 is 3.00 bits per heavy atom. The quantitative estimate of drug-likeness (QED) is 0.863. The highest BCUT2D eigenvalue weighted by atomic mass is 16.2. The standard InChI is InChI=1S/C13H15N5O/c14-11-5-13(19)18(7-11)12-3-1-2-10(4-12)6-17-9-15-8-16-17/h1-4,8-9,11H,5-7,14H2. The van der Waals surface area contributed by atoms with Gasteiger partial charge in [-0.05, 0) is 17.7 Å². The molecule has 0 saturated carbocycles. The van der Waals surface area contributed by atoms with Crippen LogP contribution in [0.1, 0.15) is 12.0 Å². The van der Waals surface area contributed by atoms with Crippen molar-refractivity contribution in [3.63, 3.8) is 0 Å². The zero-order valence-electron chi connectivity index (χ0n) is 10.4. The van der Waals surface area contributed by atoms with Crippen LogP contribution in [0.3, 0.4) is 0 Å². The van der Waals surface area contributed by atoms with E-state index in [-0.39, 0.29) is 11.9 Å². The number of nitrogens with two attached hydrogens (primary N) is 1. The maximum atomic E-state index is 11.8. The van der Waals surface area contributed by atoms with Gasteiger partial charge in [0, 0.05) is 24.7 Å². The SMILES string of the molecule is NC1CC(=O)N(c2cccc(Cn3cncn3)c2)C1. The largest absolute Gasteiger partial charge is 0.326 e. The minimum absolute atomic E-state index is 0.0635. The number of aromatic nitrogens is 3. The summed E-state index contributed by atoms with van der Waals surface area (Å²) >= 11 is 0. The molecular weight excluding hydrogens is 242 g/mol. The van der Waals surface area contributed by atoms with E-state index in [4.69, 9.17) is 5.73 Å². The minimum Gasteiger partial charge on any atom is -0.326 e. The molecule has 1 aromatic heterocycles. The molecule has 1 fully saturated rings. The first-order valence-electron chi connectivity index (χ1n) is 6.19. The number of amides is 1. The lowest BCUT2D eigenvalue weighted by Crippen LogP contribution is -2.28. The Kier molecular flexibility index (Phi) is 3.00. The topological polar surface area (TPSA) is 77.0 Å². The summed E-state index contributed by atoms with van der Waals surface area (Å²) in [6.45, 7) is 1.23. The van der Waals surface area contributed by atoms with E-state index in [1.165, 1.54) is 6.33 Å². The Labute approximate surface area is 110 Å². The summed E-state index contributed by atoms with van der Waals surface area (Å²) in [5, 5.41) is 4.07. The molecule has 1 aliphatic rings. The fraction of sp³-hybridized carbons (Fsp3) is 0.308. The monoisotopic (exact) mass is 257 g/mol. The van der Waals surface area contributed by atoms with Crippen LogP contribution in [0, 0.1) is 0 Å². The molecule has 1 atom stereocenters. The molecule has 0 spiro atoms. The van der Waals surface area contributed by atoms with Gasteiger partial charge in [-0.2, -0.15) is 5.10 Å². The van der Waals surface area contributed by atoms with Gasteiger partial charge in [-0.25, -0.2) is 9.67 Å². The number of anilines is 1. The number of hydrogen-bond donors (Lipinski definition) is 1. The molecule has 1 unspecified atom stereocenters. The Bertz CT molecular complexity index is 580. The molecule has 0 radical (unpaired) electrons. The van der Waals surface area contributed by atoms with Gasteiger partial charge in [-0.15, -0.1) is 0 Å². The van der Waals surface area contributed by atoms with Crippen molar-refractivity contribution in [1.82, 2.24) is 14.8 Å². The van der Waals surface area contributed by atoms with Crippen molar-refractivity contribution in [2.24, 2.45) is 5.73 Å². The second-order valence-corrected chi connectivity index (χ2v) is 4.73. The van der Waals surface area contributed by atoms with Crippen LogP contribution in [0.15, 0.2) is 36.9 Å². The van der Waals surface area contributed by atoms with E-state index >= 15 is 0 Å². The number of nitrogens with zero attached hydrogens (tertiary/aromatic N) is 4. The van der Waals surface area contributed by atoms with Gasteiger partial charge in [0.2, 0.25) is 5.91 Å². The third-order valence-corrected chi connectivity index (χ3v) is 3.19. The molecule has 1 aromatic carbocycles. The lowest BCUT2D eigenvalue weighted by molar-refractivity contribution is -0.117. The first-order valence-corrected chi connectivity index (χ1v) is 6.19. The Hall–Kier alpha value is -2.21. The maximum Gasteiger partial charge on any atom is 0.228 e. The van der Waals surface area contributed by atoms with Crippen molar-refractivity contribution >= 4 is 11.6 Å². The van der Waals surface area contributed by atoms with E-state index in [1.807, 2.05) is 24.3 Å². The summed E-state index contributed by atoms with van der Waals surface area (Å²) < 4.78 is 1.75. The zero-order chi connectivity index (χ0) is 13.2. The maximum absolute atomic E-state index is 11.8. The smallest absolute Gasteiger partial charge is 0.228 e. The summed E-state index contributed by atoms with van der Waals surface area (Å²) in [6.07, 6.45) is 3.60. The van der Waals surface area contributed by atoms with Gasteiger partial charge in [0.25, 0.3) is 0 Å². The van der Waals surface area contributed by atoms with Crippen molar-refractivity contribution in [3.05, 3.63) is 42.5 Å². The Morgan fingerprint density at radius 2 is 2.32 bits per heavy atom. The van der Waals surface area contributed by atoms with Gasteiger partial charge >= 0.3 is 0 Å². The van der Waals surface area contributed by atoms with Gasteiger partial charge in [0.15, 0.2) is 0 Å². The second kappa shape index (κ2) is 4.81. The fourth-order valence-corrected chi connectivity index (χ4v) is 2.31. The molecule has 0 bridgehead atoms. The van der Waals surface area contributed by atoms with Crippen LogP contribution in [-0.2, 0) is 11.3 Å². The number of carbonyl (C=O) groups is 1. The molecular formula is C13H15N5O. The predicted octanol–water partition coefficient (Wildman–Crippen LogP) is 0.390. The Balaban J connectivity index is 1.82. The molecule has 6 heteroatoms. The average molecular weight is 257 g/mol. The number of benzene rings is 1. The highest BCUT2D eigenvalue weighted by molar-refractivity contribution is 5.96. The van der Waals surface area contributed by atoms with Gasteiger partial charge in [0.1, 0.15) is 12.7 Å². The zero-order valence-corrected chi connectivity index (χ0v) is 10.4. The summed E-state index contributed by atoms with van der Waals surface area (Å²) in [7, 11) is 0. The summed E-state index contributed by atoms with van der Waals surface area (Å²) in [5.74, 6) is 0.0883. The molecule has 2 heterocycles. The molecule has 1 aliphatic heterocycles. The molecule has 1 saturated heterocycles. The first kappa shape index (κ1) is 11.9. The Morgan fingerprint density at radius 1 is 1.42 bits per heavy atom. The van der Waals surface area contributed by atoms with Crippen LogP contribution < -0.4 is 10.6 Å². The first-order chi connectivity index (χ1) is 9.22. The van der Waals surface area contributed by atoms with Crippen molar-refractivity contribution in [2.45, 2.75) is 19.0 Å². The van der Waals surface area contributed by atoms with E-state index < -0.39 is 0 Å². The molecule has 0 aliphatic carbocycles. The molecule has 1 amide bonds. The highest BCUT2D eigenvalue weighted by Gasteiger charge is 2.27. The summed E-state index contributed by atoms with van der Waals surface area (Å²) in [5.41, 5.74) is 7.79. The van der Waals surface area contributed by atoms with E-state index in [0.29, 0.717) is 19.5 Å². The second-order valence-electron chi connectivity index (χ2n) is 4.73. The third kappa shape index (κ3) is 2.48. The fourth-order valence-electron chi connectivity index (χ4n) is 2.31. The molecule has 6 nitrogen and oxygen atoms in total. The molecule has 19 heavy (non-hydrogen) atoms. The van der Waals surface area contributed by atoms with Crippen molar-refractivity contribution in [2.75, 3.05) is 11.4 Å². The average Bonchev–Trinajstić information content (AvgIpc) is 2.99. The summed E-state index contributed by atoms with van der Waals surface area (Å²) in [6, 6.07) is 7.81. The van der Waals surface area contributed by atoms with Crippen LogP contribution in [0.2, 0.25) is 0 Å². The van der Waals surface area contributed by atoms with Crippen LogP contribution in [0.25, 0.3) is 0 Å². The van der Waals surface area contributed by atoms with Crippen LogP contribution in [0.5, 0.6) is 0 Å². The van der Waals surface area contributed by atoms with E-state index in [1.54, 1.807) is 15.9 Å². The lowest BCUT2D eigenvalue weighted by Gasteiger charge is -2.17. The normalized spacial score (nSPS) is 19.1. The van der Waals surface area contributed by atoms with E-state index in [9.17, 15) is 4.79 Å². The van der Waals surface area contributed by atoms with Crippen molar-refractivity contribution in [3.8, 4) is 0 Å². The van der Waals surface area contributed by atoms with Gasteiger partial charge in [-0.3, -0.25) is 4.79 Å². The van der Waals surface area contributed by atoms with Gasteiger partial charge in [0.05, 0.1) is 6.54 Å². The summed E-state index contributed by atoms with van der Waals surface area (Å²) in [4.78, 5) is 17.5. The van der Waals surface area contributed by atoms with Crippen LogP contribution in [0.4, 0.5) is 5.69 Å². The van der Waals surface area contributed by atoms with Crippen molar-refractivity contribution in [1.29, 1.82) is 0 Å². The molecule has 2 N–H and O–H groups in total. The molecule has 3 rings (SSSR count). The predicted molar refractivity (Wildman–Crippen MR) is 70.5 cm³/mol. The minimum atomic E-state index is -0.0635. The van der Waals surface area contributed by atoms with E-state index in [2.05, 4.69) is 10.1 Å². The van der Waals surface area contributed by atoms with Gasteiger partial charge in [-0.1, -0.05) is 12.1 Å². The number of hydrogen-bond acceptors (Lipinski definition) is 4. The van der Waals surface area contributed by atoms with E-state index in [0.717, 1.165) is 11.3 Å². The van der Waals surface area contributed by atoms with Crippen LogP contribution >= 0.6 is 0 Å². The number of carbonyl (C=O) groups excluding carboxylic acids is 1. The highest BCUT2D eigenvalue weighted by Crippen LogP contribution is 2.22. The van der Waals surface area contributed by atoms with Crippen LogP contribution in [-0.4, -0.2) is 33.3 Å².